The highest BCUT2D eigenvalue weighted by Crippen LogP contribution is 2.32. The quantitative estimate of drug-likeness (QED) is 0.514. The minimum Gasteiger partial charge on any atom is -0.454 e. The summed E-state index contributed by atoms with van der Waals surface area (Å²) in [5.41, 5.74) is 5.78. The molecule has 0 atom stereocenters. The van der Waals surface area contributed by atoms with Crippen LogP contribution in [0.1, 0.15) is 18.1 Å². The third-order valence-corrected chi connectivity index (χ3v) is 3.65. The van der Waals surface area contributed by atoms with E-state index < -0.39 is 0 Å². The molecule has 1 aliphatic rings. The zero-order chi connectivity index (χ0) is 16.1. The van der Waals surface area contributed by atoms with Crippen LogP contribution >= 0.6 is 12.2 Å². The summed E-state index contributed by atoms with van der Waals surface area (Å²) in [6.07, 6.45) is 0. The summed E-state index contributed by atoms with van der Waals surface area (Å²) in [4.78, 5) is 0. The number of hydrogen-bond donors (Lipinski definition) is 2. The lowest BCUT2D eigenvalue weighted by Gasteiger charge is -2.08. The molecule has 1 aliphatic heterocycles. The van der Waals surface area contributed by atoms with Gasteiger partial charge in [-0.15, -0.1) is 0 Å². The first kappa shape index (κ1) is 15.3. The molecule has 0 aliphatic carbocycles. The zero-order valence-corrected chi connectivity index (χ0v) is 13.5. The Labute approximate surface area is 140 Å². The standard InChI is InChI=1S/C17H17N3O2S/c1-12(14-7-8-15-16(9-14)22-11-21-15)19-20-17(23)18-10-13-5-3-2-4-6-13/h2-9H,10-11H2,1H3,(H2,18,20,23)/b19-12+. The van der Waals surface area contributed by atoms with Crippen molar-refractivity contribution >= 4 is 23.0 Å². The fourth-order valence-corrected chi connectivity index (χ4v) is 2.26. The number of fused-ring (bicyclic) bond motifs is 1. The zero-order valence-electron chi connectivity index (χ0n) is 12.7. The van der Waals surface area contributed by atoms with Crippen LogP contribution < -0.4 is 20.2 Å². The Kier molecular flexibility index (Phi) is 4.73. The van der Waals surface area contributed by atoms with E-state index in [2.05, 4.69) is 15.8 Å². The van der Waals surface area contributed by atoms with Gasteiger partial charge < -0.3 is 14.8 Å². The van der Waals surface area contributed by atoms with Crippen molar-refractivity contribution < 1.29 is 9.47 Å². The van der Waals surface area contributed by atoms with Gasteiger partial charge in [0.2, 0.25) is 6.79 Å². The molecule has 2 N–H and O–H groups in total. The van der Waals surface area contributed by atoms with Gasteiger partial charge in [0.1, 0.15) is 0 Å². The molecule has 0 bridgehead atoms. The maximum absolute atomic E-state index is 5.37. The Morgan fingerprint density at radius 1 is 1.13 bits per heavy atom. The normalized spacial score (nSPS) is 12.8. The molecule has 23 heavy (non-hydrogen) atoms. The Balaban J connectivity index is 1.55. The summed E-state index contributed by atoms with van der Waals surface area (Å²) >= 11 is 5.23. The topological polar surface area (TPSA) is 54.9 Å². The fourth-order valence-electron chi connectivity index (χ4n) is 2.14. The van der Waals surface area contributed by atoms with E-state index in [1.54, 1.807) is 0 Å². The molecule has 2 aromatic carbocycles. The molecule has 2 aromatic rings. The van der Waals surface area contributed by atoms with Gasteiger partial charge in [-0.1, -0.05) is 30.3 Å². The molecule has 3 rings (SSSR count). The summed E-state index contributed by atoms with van der Waals surface area (Å²) < 4.78 is 10.7. The van der Waals surface area contributed by atoms with E-state index in [4.69, 9.17) is 21.7 Å². The van der Waals surface area contributed by atoms with Crippen molar-refractivity contribution in [2.45, 2.75) is 13.5 Å². The van der Waals surface area contributed by atoms with Gasteiger partial charge in [-0.2, -0.15) is 5.10 Å². The van der Waals surface area contributed by atoms with E-state index in [0.29, 0.717) is 11.7 Å². The lowest BCUT2D eigenvalue weighted by atomic mass is 10.1. The first-order valence-corrected chi connectivity index (χ1v) is 7.65. The number of hydrogen-bond acceptors (Lipinski definition) is 4. The molecule has 0 aromatic heterocycles. The van der Waals surface area contributed by atoms with Gasteiger partial charge in [-0.05, 0) is 42.9 Å². The molecule has 0 radical (unpaired) electrons. The molecule has 0 unspecified atom stereocenters. The number of benzene rings is 2. The van der Waals surface area contributed by atoms with Gasteiger partial charge >= 0.3 is 0 Å². The highest BCUT2D eigenvalue weighted by atomic mass is 32.1. The predicted octanol–water partition coefficient (Wildman–Crippen LogP) is 2.80. The molecule has 1 heterocycles. The Bertz CT molecular complexity index is 732. The van der Waals surface area contributed by atoms with Gasteiger partial charge in [0.15, 0.2) is 16.6 Å². The van der Waals surface area contributed by atoms with Crippen molar-refractivity contribution in [2.75, 3.05) is 6.79 Å². The number of nitrogens with one attached hydrogen (secondary N) is 2. The highest BCUT2D eigenvalue weighted by Gasteiger charge is 2.13. The molecule has 0 fully saturated rings. The van der Waals surface area contributed by atoms with Crippen LogP contribution in [0, 0.1) is 0 Å². The number of thiocarbonyl (C=S) groups is 1. The number of ether oxygens (including phenoxy) is 2. The predicted molar refractivity (Wildman–Crippen MR) is 93.8 cm³/mol. The van der Waals surface area contributed by atoms with Crippen LogP contribution in [0.3, 0.4) is 0 Å². The molecular weight excluding hydrogens is 310 g/mol. The van der Waals surface area contributed by atoms with Crippen molar-refractivity contribution in [3.8, 4) is 11.5 Å². The lowest BCUT2D eigenvalue weighted by molar-refractivity contribution is 0.174. The average Bonchev–Trinajstić information content (AvgIpc) is 3.06. The summed E-state index contributed by atoms with van der Waals surface area (Å²) in [6.45, 7) is 2.83. The number of nitrogens with zero attached hydrogens (tertiary/aromatic N) is 1. The lowest BCUT2D eigenvalue weighted by Crippen LogP contribution is -2.32. The van der Waals surface area contributed by atoms with Crippen LogP contribution in [0.2, 0.25) is 0 Å². The number of hydrazone groups is 1. The first-order chi connectivity index (χ1) is 11.2. The average molecular weight is 327 g/mol. The van der Waals surface area contributed by atoms with Crippen LogP contribution in [-0.2, 0) is 6.54 Å². The molecular formula is C17H17N3O2S. The third kappa shape index (κ3) is 3.98. The van der Waals surface area contributed by atoms with E-state index >= 15 is 0 Å². The van der Waals surface area contributed by atoms with Gasteiger partial charge in [0, 0.05) is 12.1 Å². The van der Waals surface area contributed by atoms with Gasteiger partial charge in [0.25, 0.3) is 0 Å². The minimum absolute atomic E-state index is 0.265. The molecule has 0 saturated carbocycles. The summed E-state index contributed by atoms with van der Waals surface area (Å²) in [5, 5.41) is 7.90. The Morgan fingerprint density at radius 3 is 2.74 bits per heavy atom. The summed E-state index contributed by atoms with van der Waals surface area (Å²) in [7, 11) is 0. The second-order valence-electron chi connectivity index (χ2n) is 5.05. The van der Waals surface area contributed by atoms with Crippen LogP contribution in [0.4, 0.5) is 0 Å². The van der Waals surface area contributed by atoms with Crippen LogP contribution in [-0.4, -0.2) is 17.6 Å². The third-order valence-electron chi connectivity index (χ3n) is 3.41. The van der Waals surface area contributed by atoms with E-state index in [0.717, 1.165) is 28.3 Å². The maximum Gasteiger partial charge on any atom is 0.231 e. The van der Waals surface area contributed by atoms with Crippen molar-refractivity contribution in [1.82, 2.24) is 10.7 Å². The molecule has 6 heteroatoms. The van der Waals surface area contributed by atoms with E-state index in [-0.39, 0.29) is 6.79 Å². The Hall–Kier alpha value is -2.60. The molecule has 0 amide bonds. The Morgan fingerprint density at radius 2 is 1.91 bits per heavy atom. The SMILES string of the molecule is C/C(=N\NC(=S)NCc1ccccc1)c1ccc2c(c1)OCO2. The molecule has 5 nitrogen and oxygen atoms in total. The van der Waals surface area contributed by atoms with E-state index in [9.17, 15) is 0 Å². The van der Waals surface area contributed by atoms with Crippen molar-refractivity contribution in [2.24, 2.45) is 5.10 Å². The molecule has 118 valence electrons. The fraction of sp³-hybridized carbons (Fsp3) is 0.176. The molecule has 0 saturated heterocycles. The van der Waals surface area contributed by atoms with Crippen LogP contribution in [0.5, 0.6) is 11.5 Å². The van der Waals surface area contributed by atoms with Gasteiger partial charge in [0.05, 0.1) is 5.71 Å². The highest BCUT2D eigenvalue weighted by molar-refractivity contribution is 7.80. The summed E-state index contributed by atoms with van der Waals surface area (Å²) in [5.74, 6) is 1.50. The second-order valence-corrected chi connectivity index (χ2v) is 5.45. The van der Waals surface area contributed by atoms with Crippen molar-refractivity contribution in [3.63, 3.8) is 0 Å². The monoisotopic (exact) mass is 327 g/mol. The van der Waals surface area contributed by atoms with E-state index in [1.165, 1.54) is 0 Å². The van der Waals surface area contributed by atoms with Crippen molar-refractivity contribution in [3.05, 3.63) is 59.7 Å². The first-order valence-electron chi connectivity index (χ1n) is 7.24. The van der Waals surface area contributed by atoms with Gasteiger partial charge in [-0.3, -0.25) is 5.43 Å². The molecule has 0 spiro atoms. The second kappa shape index (κ2) is 7.11. The maximum atomic E-state index is 5.37. The summed E-state index contributed by atoms with van der Waals surface area (Å²) in [6, 6.07) is 15.8. The van der Waals surface area contributed by atoms with Gasteiger partial charge in [-0.25, -0.2) is 0 Å². The van der Waals surface area contributed by atoms with E-state index in [1.807, 2.05) is 55.5 Å². The number of rotatable bonds is 4. The largest absolute Gasteiger partial charge is 0.454 e. The smallest absolute Gasteiger partial charge is 0.231 e. The van der Waals surface area contributed by atoms with Crippen molar-refractivity contribution in [1.29, 1.82) is 0 Å². The minimum atomic E-state index is 0.265. The van der Waals surface area contributed by atoms with Crippen LogP contribution in [0.25, 0.3) is 0 Å². The van der Waals surface area contributed by atoms with Crippen LogP contribution in [0.15, 0.2) is 53.6 Å².